The van der Waals surface area contributed by atoms with Gasteiger partial charge in [0.05, 0.1) is 24.1 Å². The summed E-state index contributed by atoms with van der Waals surface area (Å²) in [6, 6.07) is 6.02. The van der Waals surface area contributed by atoms with Crippen LogP contribution in [0.25, 0.3) is 0 Å². The first-order valence-electron chi connectivity index (χ1n) is 5.32. The molecule has 0 aliphatic heterocycles. The first kappa shape index (κ1) is 10.6. The zero-order chi connectivity index (χ0) is 11.4. The minimum Gasteiger partial charge on any atom is -0.378 e. The van der Waals surface area contributed by atoms with E-state index in [0.29, 0.717) is 0 Å². The van der Waals surface area contributed by atoms with Crippen molar-refractivity contribution in [3.8, 4) is 0 Å². The first-order chi connectivity index (χ1) is 7.77. The van der Waals surface area contributed by atoms with E-state index in [-0.39, 0.29) is 0 Å². The van der Waals surface area contributed by atoms with Crippen LogP contribution in [0.4, 0.5) is 5.69 Å². The molecule has 82 valence electrons. The van der Waals surface area contributed by atoms with Crippen molar-refractivity contribution in [3.05, 3.63) is 53.6 Å². The fraction of sp³-hybridized carbons (Fsp3) is 0.231. The number of aromatic nitrogens is 2. The lowest BCUT2D eigenvalue weighted by molar-refractivity contribution is 1.01. The highest BCUT2D eigenvalue weighted by atomic mass is 14.9. The number of nitrogens with zero attached hydrogens (tertiary/aromatic N) is 2. The second kappa shape index (κ2) is 4.75. The van der Waals surface area contributed by atoms with Crippen molar-refractivity contribution in [2.75, 3.05) is 5.32 Å². The van der Waals surface area contributed by atoms with E-state index in [1.165, 1.54) is 11.1 Å². The average molecular weight is 213 g/mol. The highest BCUT2D eigenvalue weighted by molar-refractivity contribution is 5.48. The van der Waals surface area contributed by atoms with Crippen LogP contribution in [-0.4, -0.2) is 9.97 Å². The topological polar surface area (TPSA) is 37.8 Å². The van der Waals surface area contributed by atoms with Gasteiger partial charge in [-0.2, -0.15) is 0 Å². The summed E-state index contributed by atoms with van der Waals surface area (Å²) in [6.07, 6.45) is 5.46. The maximum Gasteiger partial charge on any atom is 0.0623 e. The van der Waals surface area contributed by atoms with Crippen LogP contribution in [0, 0.1) is 13.8 Å². The van der Waals surface area contributed by atoms with Crippen LogP contribution >= 0.6 is 0 Å². The normalized spacial score (nSPS) is 10.1. The lowest BCUT2D eigenvalue weighted by Gasteiger charge is -2.09. The lowest BCUT2D eigenvalue weighted by Crippen LogP contribution is -2.04. The zero-order valence-electron chi connectivity index (χ0n) is 9.57. The Morgan fingerprint density at radius 3 is 2.75 bits per heavy atom. The molecule has 0 aliphatic carbocycles. The van der Waals surface area contributed by atoms with Gasteiger partial charge < -0.3 is 5.32 Å². The summed E-state index contributed by atoms with van der Waals surface area (Å²) in [5, 5.41) is 3.35. The van der Waals surface area contributed by atoms with Crippen molar-refractivity contribution in [1.29, 1.82) is 0 Å². The molecule has 0 unspecified atom stereocenters. The maximum absolute atomic E-state index is 4.34. The molecule has 0 spiro atoms. The van der Waals surface area contributed by atoms with Gasteiger partial charge in [0, 0.05) is 12.4 Å². The summed E-state index contributed by atoms with van der Waals surface area (Å²) in [7, 11) is 0. The molecule has 2 aromatic heterocycles. The molecule has 3 nitrogen and oxygen atoms in total. The molecule has 2 rings (SSSR count). The third-order valence-electron chi connectivity index (χ3n) is 2.60. The molecule has 3 heteroatoms. The van der Waals surface area contributed by atoms with Crippen molar-refractivity contribution in [1.82, 2.24) is 9.97 Å². The Hall–Kier alpha value is -1.90. The molecular weight excluding hydrogens is 198 g/mol. The van der Waals surface area contributed by atoms with Crippen molar-refractivity contribution < 1.29 is 0 Å². The monoisotopic (exact) mass is 213 g/mol. The summed E-state index contributed by atoms with van der Waals surface area (Å²) in [4.78, 5) is 8.44. The van der Waals surface area contributed by atoms with E-state index in [9.17, 15) is 0 Å². The Labute approximate surface area is 95.6 Å². The zero-order valence-corrected chi connectivity index (χ0v) is 9.57. The van der Waals surface area contributed by atoms with E-state index < -0.39 is 0 Å². The van der Waals surface area contributed by atoms with Gasteiger partial charge >= 0.3 is 0 Å². The van der Waals surface area contributed by atoms with E-state index in [4.69, 9.17) is 0 Å². The number of anilines is 1. The molecule has 0 atom stereocenters. The molecule has 0 bridgehead atoms. The smallest absolute Gasteiger partial charge is 0.0623 e. The van der Waals surface area contributed by atoms with Crippen LogP contribution in [0.1, 0.15) is 16.8 Å². The Balaban J connectivity index is 2.09. The second-order valence-corrected chi connectivity index (χ2v) is 3.81. The van der Waals surface area contributed by atoms with Gasteiger partial charge in [-0.3, -0.25) is 9.97 Å². The van der Waals surface area contributed by atoms with E-state index in [2.05, 4.69) is 35.2 Å². The SMILES string of the molecule is Cc1ccncc1NCc1ncccc1C. The molecule has 0 amide bonds. The van der Waals surface area contributed by atoms with Crippen LogP contribution in [0.5, 0.6) is 0 Å². The maximum atomic E-state index is 4.34. The molecule has 0 fully saturated rings. The average Bonchev–Trinajstić information content (AvgIpc) is 2.30. The standard InChI is InChI=1S/C13H15N3/c1-10-4-3-6-15-13(10)9-16-12-8-14-7-5-11(12)2/h3-8,16H,9H2,1-2H3. The number of rotatable bonds is 3. The van der Waals surface area contributed by atoms with E-state index in [1.54, 1.807) is 6.20 Å². The number of pyridine rings is 2. The second-order valence-electron chi connectivity index (χ2n) is 3.81. The molecule has 0 saturated carbocycles. The molecule has 0 radical (unpaired) electrons. The molecule has 2 aromatic rings. The Morgan fingerprint density at radius 1 is 1.12 bits per heavy atom. The minimum absolute atomic E-state index is 0.735. The molecule has 16 heavy (non-hydrogen) atoms. The van der Waals surface area contributed by atoms with Crippen LogP contribution in [0.2, 0.25) is 0 Å². The fourth-order valence-electron chi connectivity index (χ4n) is 1.53. The largest absolute Gasteiger partial charge is 0.378 e. The number of nitrogens with one attached hydrogen (secondary N) is 1. The van der Waals surface area contributed by atoms with E-state index in [0.717, 1.165) is 17.9 Å². The van der Waals surface area contributed by atoms with Gasteiger partial charge in [-0.25, -0.2) is 0 Å². The molecule has 2 heterocycles. The molecular formula is C13H15N3. The van der Waals surface area contributed by atoms with E-state index >= 15 is 0 Å². The predicted octanol–water partition coefficient (Wildman–Crippen LogP) is 2.71. The fourth-order valence-corrected chi connectivity index (χ4v) is 1.53. The summed E-state index contributed by atoms with van der Waals surface area (Å²) in [5.74, 6) is 0. The summed E-state index contributed by atoms with van der Waals surface area (Å²) >= 11 is 0. The number of hydrogen-bond acceptors (Lipinski definition) is 3. The molecule has 0 saturated heterocycles. The molecule has 0 aromatic carbocycles. The van der Waals surface area contributed by atoms with Crippen molar-refractivity contribution in [2.24, 2.45) is 0 Å². The summed E-state index contributed by atoms with van der Waals surface area (Å²) < 4.78 is 0. The highest BCUT2D eigenvalue weighted by Crippen LogP contribution is 2.13. The van der Waals surface area contributed by atoms with Gasteiger partial charge in [0.25, 0.3) is 0 Å². The van der Waals surface area contributed by atoms with Gasteiger partial charge in [0.1, 0.15) is 0 Å². The van der Waals surface area contributed by atoms with Crippen molar-refractivity contribution >= 4 is 5.69 Å². The predicted molar refractivity (Wildman–Crippen MR) is 65.3 cm³/mol. The lowest BCUT2D eigenvalue weighted by atomic mass is 10.2. The molecule has 0 aliphatic rings. The quantitative estimate of drug-likeness (QED) is 0.851. The Bertz CT molecular complexity index is 435. The minimum atomic E-state index is 0.735. The van der Waals surface area contributed by atoms with Crippen LogP contribution in [-0.2, 0) is 6.54 Å². The third-order valence-corrected chi connectivity index (χ3v) is 2.60. The van der Waals surface area contributed by atoms with E-state index in [1.807, 2.05) is 24.5 Å². The third kappa shape index (κ3) is 2.37. The van der Waals surface area contributed by atoms with Crippen molar-refractivity contribution in [3.63, 3.8) is 0 Å². The van der Waals surface area contributed by atoms with Gasteiger partial charge in [0.15, 0.2) is 0 Å². The summed E-state index contributed by atoms with van der Waals surface area (Å²) in [5.41, 5.74) is 4.54. The van der Waals surface area contributed by atoms with Gasteiger partial charge in [-0.15, -0.1) is 0 Å². The van der Waals surface area contributed by atoms with Gasteiger partial charge in [-0.1, -0.05) is 6.07 Å². The summed E-state index contributed by atoms with van der Waals surface area (Å²) in [6.45, 7) is 4.87. The molecule has 1 N–H and O–H groups in total. The van der Waals surface area contributed by atoms with Crippen molar-refractivity contribution in [2.45, 2.75) is 20.4 Å². The number of hydrogen-bond donors (Lipinski definition) is 1. The Morgan fingerprint density at radius 2 is 2.00 bits per heavy atom. The highest BCUT2D eigenvalue weighted by Gasteiger charge is 2.00. The number of aryl methyl sites for hydroxylation is 2. The van der Waals surface area contributed by atoms with Crippen LogP contribution < -0.4 is 5.32 Å². The first-order valence-corrected chi connectivity index (χ1v) is 5.32. The Kier molecular flexibility index (Phi) is 3.15. The van der Waals surface area contributed by atoms with Crippen LogP contribution in [0.3, 0.4) is 0 Å². The van der Waals surface area contributed by atoms with Gasteiger partial charge in [0.2, 0.25) is 0 Å². The van der Waals surface area contributed by atoms with Crippen LogP contribution in [0.15, 0.2) is 36.8 Å². The van der Waals surface area contributed by atoms with Gasteiger partial charge in [-0.05, 0) is 37.1 Å².